The molecule has 0 fully saturated rings. The summed E-state index contributed by atoms with van der Waals surface area (Å²) in [5, 5.41) is 8.63. The molecule has 17 heavy (non-hydrogen) atoms. The van der Waals surface area contributed by atoms with Crippen LogP contribution in [0.3, 0.4) is 0 Å². The number of nitrogen functional groups attached to an aromatic ring is 1. The maximum atomic E-state index is 8.63. The van der Waals surface area contributed by atoms with Crippen molar-refractivity contribution < 1.29 is 4.74 Å². The summed E-state index contributed by atoms with van der Waals surface area (Å²) in [5.74, 6) is 0. The molecule has 0 aromatic heterocycles. The zero-order valence-corrected chi connectivity index (χ0v) is 10.2. The van der Waals surface area contributed by atoms with Crippen LogP contribution in [0.15, 0.2) is 24.3 Å². The first-order chi connectivity index (χ1) is 8.27. The molecule has 1 aromatic rings. The molecule has 0 aliphatic heterocycles. The number of nitriles is 1. The quantitative estimate of drug-likeness (QED) is 0.727. The molecule has 4 nitrogen and oxygen atoms in total. The molecule has 0 amide bonds. The van der Waals surface area contributed by atoms with Gasteiger partial charge in [-0.05, 0) is 11.6 Å². The van der Waals surface area contributed by atoms with E-state index in [1.54, 1.807) is 7.11 Å². The van der Waals surface area contributed by atoms with Gasteiger partial charge in [0.15, 0.2) is 0 Å². The smallest absolute Gasteiger partial charge is 0.0635 e. The molecule has 0 spiro atoms. The normalized spacial score (nSPS) is 10.4. The highest BCUT2D eigenvalue weighted by molar-refractivity contribution is 5.46. The van der Waals surface area contributed by atoms with Crippen LogP contribution in [-0.4, -0.2) is 31.7 Å². The molecular weight excluding hydrogens is 214 g/mol. The molecular formula is C13H19N3O. The van der Waals surface area contributed by atoms with Gasteiger partial charge in [0.25, 0.3) is 0 Å². The van der Waals surface area contributed by atoms with Gasteiger partial charge in [0.2, 0.25) is 0 Å². The molecule has 2 N–H and O–H groups in total. The fraction of sp³-hybridized carbons (Fsp3) is 0.462. The number of nitrogens with zero attached hydrogens (tertiary/aromatic N) is 2. The third-order valence-corrected chi connectivity index (χ3v) is 2.60. The number of hydrogen-bond donors (Lipinski definition) is 1. The van der Waals surface area contributed by atoms with E-state index in [0.29, 0.717) is 13.0 Å². The lowest BCUT2D eigenvalue weighted by atomic mass is 10.1. The minimum absolute atomic E-state index is 0.524. The summed E-state index contributed by atoms with van der Waals surface area (Å²) in [6.07, 6.45) is 0.524. The molecule has 0 radical (unpaired) electrons. The zero-order valence-electron chi connectivity index (χ0n) is 10.2. The Balaban J connectivity index is 2.58. The number of methoxy groups -OCH3 is 1. The van der Waals surface area contributed by atoms with Crippen molar-refractivity contribution in [2.45, 2.75) is 13.0 Å². The van der Waals surface area contributed by atoms with Crippen LogP contribution in [0, 0.1) is 11.3 Å². The minimum atomic E-state index is 0.524. The second-order valence-electron chi connectivity index (χ2n) is 3.88. The largest absolute Gasteiger partial charge is 0.398 e. The molecule has 1 rings (SSSR count). The third-order valence-electron chi connectivity index (χ3n) is 2.60. The van der Waals surface area contributed by atoms with Gasteiger partial charge in [-0.3, -0.25) is 4.90 Å². The first-order valence-electron chi connectivity index (χ1n) is 5.69. The Morgan fingerprint density at radius 2 is 2.12 bits per heavy atom. The van der Waals surface area contributed by atoms with Crippen molar-refractivity contribution in [2.75, 3.05) is 32.5 Å². The van der Waals surface area contributed by atoms with E-state index < -0.39 is 0 Å². The Morgan fingerprint density at radius 3 is 2.76 bits per heavy atom. The third kappa shape index (κ3) is 4.85. The first kappa shape index (κ1) is 13.5. The summed E-state index contributed by atoms with van der Waals surface area (Å²) in [7, 11) is 1.68. The lowest BCUT2D eigenvalue weighted by Crippen LogP contribution is -2.28. The summed E-state index contributed by atoms with van der Waals surface area (Å²) in [6.45, 7) is 2.98. The van der Waals surface area contributed by atoms with Crippen molar-refractivity contribution >= 4 is 5.69 Å². The van der Waals surface area contributed by atoms with Gasteiger partial charge < -0.3 is 10.5 Å². The van der Waals surface area contributed by atoms with Crippen LogP contribution in [0.1, 0.15) is 12.0 Å². The summed E-state index contributed by atoms with van der Waals surface area (Å²) in [5.41, 5.74) is 7.80. The van der Waals surface area contributed by atoms with Crippen LogP contribution in [0.4, 0.5) is 5.69 Å². The van der Waals surface area contributed by atoms with Crippen molar-refractivity contribution in [3.63, 3.8) is 0 Å². The lowest BCUT2D eigenvalue weighted by molar-refractivity contribution is 0.145. The van der Waals surface area contributed by atoms with E-state index in [-0.39, 0.29) is 0 Å². The molecule has 0 aliphatic carbocycles. The molecule has 0 atom stereocenters. The van der Waals surface area contributed by atoms with Crippen molar-refractivity contribution in [1.82, 2.24) is 4.90 Å². The van der Waals surface area contributed by atoms with Crippen molar-refractivity contribution in [2.24, 2.45) is 0 Å². The predicted octanol–water partition coefficient (Wildman–Crippen LogP) is 1.63. The highest BCUT2D eigenvalue weighted by Crippen LogP contribution is 2.13. The van der Waals surface area contributed by atoms with Gasteiger partial charge in [-0.2, -0.15) is 5.26 Å². The Bertz CT molecular complexity index is 373. The molecule has 92 valence electrons. The average molecular weight is 233 g/mol. The van der Waals surface area contributed by atoms with E-state index in [2.05, 4.69) is 11.0 Å². The van der Waals surface area contributed by atoms with Crippen LogP contribution in [0.2, 0.25) is 0 Å². The van der Waals surface area contributed by atoms with E-state index in [1.165, 1.54) is 0 Å². The number of rotatable bonds is 7. The topological polar surface area (TPSA) is 62.3 Å². The first-order valence-corrected chi connectivity index (χ1v) is 5.69. The van der Waals surface area contributed by atoms with Gasteiger partial charge in [-0.15, -0.1) is 0 Å². The standard InChI is InChI=1S/C13H19N3O/c1-17-10-9-16(8-4-7-14)11-12-5-2-3-6-13(12)15/h2-3,5-6H,4,8-11,15H2,1H3. The number of ether oxygens (including phenoxy) is 1. The van der Waals surface area contributed by atoms with E-state index in [4.69, 9.17) is 15.7 Å². The van der Waals surface area contributed by atoms with Crippen molar-refractivity contribution in [1.29, 1.82) is 5.26 Å². The van der Waals surface area contributed by atoms with Gasteiger partial charge in [0.05, 0.1) is 12.7 Å². The van der Waals surface area contributed by atoms with Gasteiger partial charge in [-0.1, -0.05) is 18.2 Å². The van der Waals surface area contributed by atoms with Crippen LogP contribution in [-0.2, 0) is 11.3 Å². The molecule has 0 heterocycles. The maximum absolute atomic E-state index is 8.63. The highest BCUT2D eigenvalue weighted by Gasteiger charge is 2.07. The predicted molar refractivity (Wildman–Crippen MR) is 68.2 cm³/mol. The average Bonchev–Trinajstić information content (AvgIpc) is 2.35. The fourth-order valence-electron chi connectivity index (χ4n) is 1.62. The maximum Gasteiger partial charge on any atom is 0.0635 e. The van der Waals surface area contributed by atoms with E-state index in [9.17, 15) is 0 Å². The Hall–Kier alpha value is -1.57. The SMILES string of the molecule is COCCN(CCC#N)Cc1ccccc1N. The van der Waals surface area contributed by atoms with E-state index >= 15 is 0 Å². The number of benzene rings is 1. The van der Waals surface area contributed by atoms with Crippen LogP contribution >= 0.6 is 0 Å². The monoisotopic (exact) mass is 233 g/mol. The summed E-state index contributed by atoms with van der Waals surface area (Å²) >= 11 is 0. The zero-order chi connectivity index (χ0) is 12.5. The molecule has 0 saturated carbocycles. The lowest BCUT2D eigenvalue weighted by Gasteiger charge is -2.21. The van der Waals surface area contributed by atoms with Gasteiger partial charge in [0, 0.05) is 38.9 Å². The Labute approximate surface area is 103 Å². The van der Waals surface area contributed by atoms with Crippen LogP contribution in [0.25, 0.3) is 0 Å². The second-order valence-corrected chi connectivity index (χ2v) is 3.88. The number of anilines is 1. The fourth-order valence-corrected chi connectivity index (χ4v) is 1.62. The van der Waals surface area contributed by atoms with Crippen molar-refractivity contribution in [3.8, 4) is 6.07 Å². The Morgan fingerprint density at radius 1 is 1.35 bits per heavy atom. The molecule has 0 unspecified atom stereocenters. The van der Waals surface area contributed by atoms with E-state index in [0.717, 1.165) is 30.9 Å². The Kier molecular flexibility index (Phi) is 6.08. The van der Waals surface area contributed by atoms with Gasteiger partial charge in [0.1, 0.15) is 0 Å². The number of para-hydroxylation sites is 1. The minimum Gasteiger partial charge on any atom is -0.398 e. The highest BCUT2D eigenvalue weighted by atomic mass is 16.5. The summed E-state index contributed by atoms with van der Waals surface area (Å²) < 4.78 is 5.06. The van der Waals surface area contributed by atoms with Crippen LogP contribution in [0.5, 0.6) is 0 Å². The molecule has 0 saturated heterocycles. The summed E-state index contributed by atoms with van der Waals surface area (Å²) in [6, 6.07) is 9.97. The molecule has 4 heteroatoms. The summed E-state index contributed by atoms with van der Waals surface area (Å²) in [4.78, 5) is 2.18. The number of nitrogens with two attached hydrogens (primary N) is 1. The van der Waals surface area contributed by atoms with Gasteiger partial charge >= 0.3 is 0 Å². The number of hydrogen-bond acceptors (Lipinski definition) is 4. The van der Waals surface area contributed by atoms with E-state index in [1.807, 2.05) is 24.3 Å². The second kappa shape index (κ2) is 7.66. The molecule has 0 aliphatic rings. The van der Waals surface area contributed by atoms with Crippen LogP contribution < -0.4 is 5.73 Å². The van der Waals surface area contributed by atoms with Crippen molar-refractivity contribution in [3.05, 3.63) is 29.8 Å². The molecule has 1 aromatic carbocycles. The molecule has 0 bridgehead atoms. The van der Waals surface area contributed by atoms with Gasteiger partial charge in [-0.25, -0.2) is 0 Å².